The number of aromatic nitrogens is 3. The third-order valence-corrected chi connectivity index (χ3v) is 4.93. The average Bonchev–Trinajstić information content (AvgIpc) is 3.10. The van der Waals surface area contributed by atoms with Crippen LogP contribution in [-0.4, -0.2) is 20.9 Å². The molecule has 0 N–H and O–H groups in total. The SMILES string of the molecule is CCc1nsc(N2CCCCC2c2nccs2)n1. The van der Waals surface area contributed by atoms with Gasteiger partial charge in [0.15, 0.2) is 0 Å². The van der Waals surface area contributed by atoms with Crippen LogP contribution < -0.4 is 4.90 Å². The predicted molar refractivity (Wildman–Crippen MR) is 75.3 cm³/mol. The lowest BCUT2D eigenvalue weighted by atomic mass is 10.0. The van der Waals surface area contributed by atoms with E-state index in [4.69, 9.17) is 0 Å². The first-order valence-electron chi connectivity index (χ1n) is 6.37. The molecule has 2 aromatic heterocycles. The van der Waals surface area contributed by atoms with Crippen molar-refractivity contribution in [2.45, 2.75) is 38.6 Å². The summed E-state index contributed by atoms with van der Waals surface area (Å²) in [6.45, 7) is 3.17. The molecule has 1 unspecified atom stereocenters. The van der Waals surface area contributed by atoms with E-state index < -0.39 is 0 Å². The van der Waals surface area contributed by atoms with Gasteiger partial charge in [0.1, 0.15) is 10.8 Å². The second-order valence-corrected chi connectivity index (χ2v) is 6.08. The molecule has 18 heavy (non-hydrogen) atoms. The summed E-state index contributed by atoms with van der Waals surface area (Å²) in [5.41, 5.74) is 0. The van der Waals surface area contributed by atoms with Gasteiger partial charge in [0.2, 0.25) is 5.13 Å². The zero-order valence-electron chi connectivity index (χ0n) is 10.4. The van der Waals surface area contributed by atoms with Crippen LogP contribution in [0.3, 0.4) is 0 Å². The Bertz CT molecular complexity index is 494. The zero-order valence-corrected chi connectivity index (χ0v) is 12.0. The van der Waals surface area contributed by atoms with Crippen LogP contribution in [0.15, 0.2) is 11.6 Å². The molecule has 1 atom stereocenters. The number of hydrogen-bond acceptors (Lipinski definition) is 6. The molecule has 96 valence electrons. The van der Waals surface area contributed by atoms with Gasteiger partial charge in [0.05, 0.1) is 6.04 Å². The smallest absolute Gasteiger partial charge is 0.205 e. The molecule has 1 fully saturated rings. The van der Waals surface area contributed by atoms with E-state index in [2.05, 4.69) is 31.5 Å². The first-order chi connectivity index (χ1) is 8.88. The number of aryl methyl sites for hydroxylation is 1. The van der Waals surface area contributed by atoms with E-state index >= 15 is 0 Å². The average molecular weight is 280 g/mol. The van der Waals surface area contributed by atoms with E-state index in [1.54, 1.807) is 11.3 Å². The van der Waals surface area contributed by atoms with E-state index in [0.717, 1.165) is 23.9 Å². The van der Waals surface area contributed by atoms with Crippen LogP contribution in [-0.2, 0) is 6.42 Å². The van der Waals surface area contributed by atoms with Crippen molar-refractivity contribution in [3.8, 4) is 0 Å². The summed E-state index contributed by atoms with van der Waals surface area (Å²) in [6, 6.07) is 0.399. The second kappa shape index (κ2) is 5.32. The van der Waals surface area contributed by atoms with Crippen molar-refractivity contribution in [3.05, 3.63) is 22.4 Å². The molecule has 1 aliphatic rings. The number of rotatable bonds is 3. The maximum absolute atomic E-state index is 4.62. The number of anilines is 1. The summed E-state index contributed by atoms with van der Waals surface area (Å²) < 4.78 is 4.40. The van der Waals surface area contributed by atoms with E-state index in [1.165, 1.54) is 35.8 Å². The van der Waals surface area contributed by atoms with Gasteiger partial charge in [-0.2, -0.15) is 4.37 Å². The fourth-order valence-corrected chi connectivity index (χ4v) is 3.93. The van der Waals surface area contributed by atoms with E-state index in [0.29, 0.717) is 6.04 Å². The minimum atomic E-state index is 0.399. The van der Waals surface area contributed by atoms with E-state index in [9.17, 15) is 0 Å². The molecule has 0 bridgehead atoms. The summed E-state index contributed by atoms with van der Waals surface area (Å²) in [7, 11) is 0. The normalized spacial score (nSPS) is 20.3. The van der Waals surface area contributed by atoms with Crippen molar-refractivity contribution in [3.63, 3.8) is 0 Å². The number of piperidine rings is 1. The van der Waals surface area contributed by atoms with Crippen molar-refractivity contribution in [2.75, 3.05) is 11.4 Å². The van der Waals surface area contributed by atoms with Gasteiger partial charge in [-0.1, -0.05) is 6.92 Å². The molecule has 0 aromatic carbocycles. The molecule has 6 heteroatoms. The van der Waals surface area contributed by atoms with E-state index in [1.807, 2.05) is 6.20 Å². The first kappa shape index (κ1) is 12.0. The minimum absolute atomic E-state index is 0.399. The van der Waals surface area contributed by atoms with Gasteiger partial charge in [-0.3, -0.25) is 0 Å². The van der Waals surface area contributed by atoms with Gasteiger partial charge < -0.3 is 4.90 Å². The number of thiazole rings is 1. The maximum Gasteiger partial charge on any atom is 0.205 e. The highest BCUT2D eigenvalue weighted by molar-refractivity contribution is 7.10. The summed E-state index contributed by atoms with van der Waals surface area (Å²) >= 11 is 3.27. The molecule has 0 amide bonds. The lowest BCUT2D eigenvalue weighted by Crippen LogP contribution is -2.33. The van der Waals surface area contributed by atoms with Gasteiger partial charge in [-0.15, -0.1) is 11.3 Å². The van der Waals surface area contributed by atoms with Crippen LogP contribution >= 0.6 is 22.9 Å². The highest BCUT2D eigenvalue weighted by atomic mass is 32.1. The van der Waals surface area contributed by atoms with Crippen LogP contribution in [0.2, 0.25) is 0 Å². The molecule has 0 radical (unpaired) electrons. The highest BCUT2D eigenvalue weighted by Crippen LogP contribution is 2.36. The van der Waals surface area contributed by atoms with Crippen LogP contribution in [0.1, 0.15) is 43.1 Å². The third kappa shape index (κ3) is 2.27. The Kier molecular flexibility index (Phi) is 3.56. The van der Waals surface area contributed by atoms with Gasteiger partial charge in [0.25, 0.3) is 0 Å². The van der Waals surface area contributed by atoms with Crippen LogP contribution in [0.5, 0.6) is 0 Å². The van der Waals surface area contributed by atoms with E-state index in [-0.39, 0.29) is 0 Å². The van der Waals surface area contributed by atoms with Gasteiger partial charge in [-0.05, 0) is 19.3 Å². The van der Waals surface area contributed by atoms with Gasteiger partial charge in [0, 0.05) is 36.1 Å². The molecule has 0 aliphatic carbocycles. The van der Waals surface area contributed by atoms with Gasteiger partial charge in [-0.25, -0.2) is 9.97 Å². The summed E-state index contributed by atoms with van der Waals surface area (Å²) in [6.07, 6.45) is 6.49. The predicted octanol–water partition coefficient (Wildman–Crippen LogP) is 3.29. The van der Waals surface area contributed by atoms with Crippen LogP contribution in [0.25, 0.3) is 0 Å². The number of hydrogen-bond donors (Lipinski definition) is 0. The lowest BCUT2D eigenvalue weighted by molar-refractivity contribution is 0.471. The Morgan fingerprint density at radius 2 is 2.39 bits per heavy atom. The summed E-state index contributed by atoms with van der Waals surface area (Å²) in [5.74, 6) is 0.957. The highest BCUT2D eigenvalue weighted by Gasteiger charge is 2.28. The molecular weight excluding hydrogens is 264 g/mol. The fourth-order valence-electron chi connectivity index (χ4n) is 2.32. The zero-order chi connectivity index (χ0) is 12.4. The molecule has 1 aliphatic heterocycles. The number of nitrogens with zero attached hydrogens (tertiary/aromatic N) is 4. The molecule has 0 spiro atoms. The Morgan fingerprint density at radius 1 is 1.44 bits per heavy atom. The summed E-state index contributed by atoms with van der Waals surface area (Å²) in [5, 5.41) is 4.33. The van der Waals surface area contributed by atoms with Crippen LogP contribution in [0.4, 0.5) is 5.13 Å². The molecule has 3 heterocycles. The molecule has 0 saturated carbocycles. The fraction of sp³-hybridized carbons (Fsp3) is 0.583. The summed E-state index contributed by atoms with van der Waals surface area (Å²) in [4.78, 5) is 11.5. The van der Waals surface area contributed by atoms with Crippen molar-refractivity contribution in [1.82, 2.24) is 14.3 Å². The first-order valence-corrected chi connectivity index (χ1v) is 8.02. The molecule has 2 aromatic rings. The maximum atomic E-state index is 4.62. The Labute approximate surface area is 115 Å². The second-order valence-electron chi connectivity index (χ2n) is 4.42. The Morgan fingerprint density at radius 3 is 3.11 bits per heavy atom. The molecule has 3 rings (SSSR count). The third-order valence-electron chi connectivity index (χ3n) is 3.26. The topological polar surface area (TPSA) is 41.9 Å². The van der Waals surface area contributed by atoms with Crippen LogP contribution in [0, 0.1) is 0 Å². The van der Waals surface area contributed by atoms with Crippen molar-refractivity contribution < 1.29 is 0 Å². The minimum Gasteiger partial charge on any atom is -0.337 e. The molecular formula is C12H16N4S2. The Hall–Kier alpha value is -1.01. The van der Waals surface area contributed by atoms with Crippen molar-refractivity contribution in [2.24, 2.45) is 0 Å². The molecule has 4 nitrogen and oxygen atoms in total. The largest absolute Gasteiger partial charge is 0.337 e. The van der Waals surface area contributed by atoms with Crippen molar-refractivity contribution in [1.29, 1.82) is 0 Å². The monoisotopic (exact) mass is 280 g/mol. The molecule has 1 saturated heterocycles. The quantitative estimate of drug-likeness (QED) is 0.865. The van der Waals surface area contributed by atoms with Gasteiger partial charge >= 0.3 is 0 Å². The standard InChI is InChI=1S/C12H16N4S2/c1-2-10-14-12(18-15-10)16-7-4-3-5-9(16)11-13-6-8-17-11/h6,8-9H,2-5,7H2,1H3. The lowest BCUT2D eigenvalue weighted by Gasteiger charge is -2.33. The Balaban J connectivity index is 1.87. The van der Waals surface area contributed by atoms with Crippen molar-refractivity contribution >= 4 is 28.0 Å².